The second-order valence-electron chi connectivity index (χ2n) is 6.05. The van der Waals surface area contributed by atoms with E-state index < -0.39 is 0 Å². The van der Waals surface area contributed by atoms with Crippen molar-refractivity contribution in [3.8, 4) is 5.75 Å². The summed E-state index contributed by atoms with van der Waals surface area (Å²) in [4.78, 5) is 40.3. The first kappa shape index (κ1) is 19.6. The number of ketones is 1. The molecule has 8 heteroatoms. The molecule has 3 aromatic rings. The van der Waals surface area contributed by atoms with E-state index in [0.717, 1.165) is 10.2 Å². The van der Waals surface area contributed by atoms with Crippen LogP contribution in [0.2, 0.25) is 0 Å². The molecule has 0 saturated heterocycles. The number of nitrogens with one attached hydrogen (secondary N) is 1. The lowest BCUT2D eigenvalue weighted by Crippen LogP contribution is -2.34. The third kappa shape index (κ3) is 4.40. The van der Waals surface area contributed by atoms with E-state index in [1.54, 1.807) is 49.6 Å². The van der Waals surface area contributed by atoms with Gasteiger partial charge < -0.3 is 4.74 Å². The Morgan fingerprint density at radius 2 is 2.00 bits per heavy atom. The maximum absolute atomic E-state index is 12.4. The fourth-order valence-corrected chi connectivity index (χ4v) is 3.48. The summed E-state index contributed by atoms with van der Waals surface area (Å²) in [5.41, 5.74) is 4.21. The summed E-state index contributed by atoms with van der Waals surface area (Å²) < 4.78 is 6.40. The van der Waals surface area contributed by atoms with Gasteiger partial charge in [-0.2, -0.15) is 0 Å². The zero-order valence-electron chi connectivity index (χ0n) is 15.5. The first-order valence-electron chi connectivity index (χ1n) is 8.51. The van der Waals surface area contributed by atoms with E-state index in [-0.39, 0.29) is 23.0 Å². The van der Waals surface area contributed by atoms with Gasteiger partial charge >= 0.3 is 0 Å². The molecule has 0 spiro atoms. The van der Waals surface area contributed by atoms with Gasteiger partial charge in [0.2, 0.25) is 5.91 Å². The van der Waals surface area contributed by atoms with Gasteiger partial charge in [0.15, 0.2) is 5.78 Å². The Morgan fingerprint density at radius 1 is 1.21 bits per heavy atom. The van der Waals surface area contributed by atoms with Crippen molar-refractivity contribution in [2.24, 2.45) is 0 Å². The minimum Gasteiger partial charge on any atom is -0.496 e. The quantitative estimate of drug-likeness (QED) is 0.617. The van der Waals surface area contributed by atoms with Crippen molar-refractivity contribution < 1.29 is 14.3 Å². The van der Waals surface area contributed by atoms with E-state index in [4.69, 9.17) is 4.74 Å². The number of rotatable bonds is 7. The first-order chi connectivity index (χ1) is 13.5. The normalized spacial score (nSPS) is 10.6. The minimum atomic E-state index is -0.334. The first-order valence-corrected chi connectivity index (χ1v) is 9.67. The number of hydrogen-bond acceptors (Lipinski definition) is 6. The summed E-state index contributed by atoms with van der Waals surface area (Å²) in [6.07, 6.45) is 1.30. The van der Waals surface area contributed by atoms with Crippen molar-refractivity contribution in [2.45, 2.75) is 12.7 Å². The zero-order chi connectivity index (χ0) is 20.1. The van der Waals surface area contributed by atoms with Crippen LogP contribution in [-0.2, 0) is 10.5 Å². The standard InChI is InChI=1S/C20H19N3O4S/c1-13(24)14-7-8-18(27-2)15(9-14)10-28-11-19(25)22-23-12-21-17-6-4-3-5-16(17)20(23)26/h3-9,12H,10-11H2,1-2H3,(H,22,25). The van der Waals surface area contributed by atoms with E-state index in [2.05, 4.69) is 10.4 Å². The van der Waals surface area contributed by atoms with Crippen LogP contribution in [0.5, 0.6) is 5.75 Å². The summed E-state index contributed by atoms with van der Waals surface area (Å²) in [5.74, 6) is 0.920. The molecular formula is C20H19N3O4S. The van der Waals surface area contributed by atoms with E-state index in [0.29, 0.717) is 28.0 Å². The zero-order valence-corrected chi connectivity index (χ0v) is 16.3. The van der Waals surface area contributed by atoms with Crippen LogP contribution in [0.25, 0.3) is 10.9 Å². The number of amides is 1. The minimum absolute atomic E-state index is 0.0326. The third-order valence-corrected chi connectivity index (χ3v) is 5.07. The second kappa shape index (κ2) is 8.71. The van der Waals surface area contributed by atoms with Gasteiger partial charge in [0.05, 0.1) is 23.8 Å². The molecule has 0 atom stereocenters. The lowest BCUT2D eigenvalue weighted by molar-refractivity contribution is -0.114. The van der Waals surface area contributed by atoms with Gasteiger partial charge in [-0.15, -0.1) is 11.8 Å². The lowest BCUT2D eigenvalue weighted by atomic mass is 10.1. The fraction of sp³-hybridized carbons (Fsp3) is 0.200. The average molecular weight is 397 g/mol. The molecule has 1 aromatic heterocycles. The number of benzene rings is 2. The van der Waals surface area contributed by atoms with Crippen LogP contribution in [0.3, 0.4) is 0 Å². The van der Waals surface area contributed by atoms with Gasteiger partial charge in [0.25, 0.3) is 5.56 Å². The van der Waals surface area contributed by atoms with Crippen molar-refractivity contribution >= 4 is 34.4 Å². The van der Waals surface area contributed by atoms with Crippen LogP contribution in [0.4, 0.5) is 0 Å². The van der Waals surface area contributed by atoms with Gasteiger partial charge in [-0.1, -0.05) is 12.1 Å². The van der Waals surface area contributed by atoms with E-state index in [1.807, 2.05) is 0 Å². The van der Waals surface area contributed by atoms with Crippen molar-refractivity contribution in [3.63, 3.8) is 0 Å². The van der Waals surface area contributed by atoms with Gasteiger partial charge in [-0.05, 0) is 37.3 Å². The molecule has 0 radical (unpaired) electrons. The molecule has 0 saturated carbocycles. The van der Waals surface area contributed by atoms with Crippen LogP contribution < -0.4 is 15.7 Å². The number of Topliss-reactive ketones (excluding diaryl/α,β-unsaturated/α-hetero) is 1. The number of aromatic nitrogens is 2. The molecule has 7 nitrogen and oxygen atoms in total. The molecule has 28 heavy (non-hydrogen) atoms. The fourth-order valence-electron chi connectivity index (χ4n) is 2.68. The summed E-state index contributed by atoms with van der Waals surface area (Å²) in [7, 11) is 1.56. The number of thioether (sulfide) groups is 1. The van der Waals surface area contributed by atoms with Crippen LogP contribution >= 0.6 is 11.8 Å². The Balaban J connectivity index is 1.64. The van der Waals surface area contributed by atoms with Crippen LogP contribution in [0, 0.1) is 0 Å². The Hall–Kier alpha value is -3.13. The Labute approximate surface area is 165 Å². The molecule has 144 valence electrons. The molecular weight excluding hydrogens is 378 g/mol. The molecule has 1 amide bonds. The van der Waals surface area contributed by atoms with Crippen LogP contribution in [0.15, 0.2) is 53.6 Å². The van der Waals surface area contributed by atoms with Crippen molar-refractivity contribution in [1.82, 2.24) is 9.66 Å². The predicted molar refractivity (Wildman–Crippen MR) is 110 cm³/mol. The molecule has 0 unspecified atom stereocenters. The SMILES string of the molecule is COc1ccc(C(C)=O)cc1CSCC(=O)Nn1cnc2ccccc2c1=O. The number of hydrogen-bond donors (Lipinski definition) is 1. The number of fused-ring (bicyclic) bond motifs is 1. The summed E-state index contributed by atoms with van der Waals surface area (Å²) >= 11 is 1.35. The maximum Gasteiger partial charge on any atom is 0.280 e. The Bertz CT molecular complexity index is 1090. The molecule has 0 aliphatic heterocycles. The van der Waals surface area contributed by atoms with E-state index >= 15 is 0 Å². The highest BCUT2D eigenvalue weighted by molar-refractivity contribution is 7.99. The smallest absolute Gasteiger partial charge is 0.280 e. The molecule has 0 fully saturated rings. The highest BCUT2D eigenvalue weighted by Gasteiger charge is 2.10. The van der Waals surface area contributed by atoms with Crippen molar-refractivity contribution in [3.05, 3.63) is 70.3 Å². The van der Waals surface area contributed by atoms with Crippen molar-refractivity contribution in [1.29, 1.82) is 0 Å². The number of carbonyl (C=O) groups excluding carboxylic acids is 2. The lowest BCUT2D eigenvalue weighted by Gasteiger charge is -2.11. The molecule has 1 heterocycles. The van der Waals surface area contributed by atoms with E-state index in [1.165, 1.54) is 25.0 Å². The number of para-hydroxylation sites is 1. The average Bonchev–Trinajstić information content (AvgIpc) is 2.70. The predicted octanol–water partition coefficient (Wildman–Crippen LogP) is 2.61. The number of ether oxygens (including phenoxy) is 1. The van der Waals surface area contributed by atoms with Crippen LogP contribution in [-0.4, -0.2) is 34.2 Å². The molecule has 0 aliphatic carbocycles. The maximum atomic E-state index is 12.4. The van der Waals surface area contributed by atoms with Gasteiger partial charge in [0, 0.05) is 16.9 Å². The third-order valence-electron chi connectivity index (χ3n) is 4.09. The Morgan fingerprint density at radius 3 is 2.75 bits per heavy atom. The summed E-state index contributed by atoms with van der Waals surface area (Å²) in [5, 5.41) is 0.434. The van der Waals surface area contributed by atoms with Gasteiger partial charge in [-0.3, -0.25) is 19.8 Å². The number of carbonyl (C=O) groups is 2. The van der Waals surface area contributed by atoms with Crippen molar-refractivity contribution in [2.75, 3.05) is 18.3 Å². The van der Waals surface area contributed by atoms with Gasteiger partial charge in [0.1, 0.15) is 12.1 Å². The second-order valence-corrected chi connectivity index (χ2v) is 7.03. The molecule has 2 aromatic carbocycles. The van der Waals surface area contributed by atoms with Gasteiger partial charge in [-0.25, -0.2) is 9.66 Å². The summed E-state index contributed by atoms with van der Waals surface area (Å²) in [6, 6.07) is 12.2. The Kier molecular flexibility index (Phi) is 6.10. The summed E-state index contributed by atoms with van der Waals surface area (Å²) in [6.45, 7) is 1.50. The highest BCUT2D eigenvalue weighted by Crippen LogP contribution is 2.24. The molecule has 3 rings (SSSR count). The number of methoxy groups -OCH3 is 1. The molecule has 0 aliphatic rings. The van der Waals surface area contributed by atoms with Crippen LogP contribution in [0.1, 0.15) is 22.8 Å². The largest absolute Gasteiger partial charge is 0.496 e. The molecule has 1 N–H and O–H groups in total. The number of nitrogens with zero attached hydrogens (tertiary/aromatic N) is 2. The highest BCUT2D eigenvalue weighted by atomic mass is 32.2. The monoisotopic (exact) mass is 397 g/mol. The molecule has 0 bridgehead atoms. The van der Waals surface area contributed by atoms with E-state index in [9.17, 15) is 14.4 Å². The topological polar surface area (TPSA) is 90.3 Å².